The number of hydrogen-bond donors (Lipinski definition) is 2. The SMILES string of the molecule is Cc1cc2nc3c4cc(C(C)(C)C)cc5c6c(=O)n(-c7c(C(C)C)cc(O)cc7C(C)C)c(=O)c6c6cc(C(C)(C)C)cc(c3nc2cc1CCc1cc2nc3c7cc(C(C)(C)C)cc8c9c(=O)n(-c%10c(C(C)C)cc(O)cc%10C(C)C)c(=O)c9c9cc(C(C)(C)C)cc(c3nc2cc1C)c9c78)c6c45. The molecule has 4 heterocycles. The van der Waals surface area contributed by atoms with Crippen LogP contribution in [0.15, 0.2) is 116 Å². The van der Waals surface area contributed by atoms with Gasteiger partial charge in [0.1, 0.15) is 11.5 Å². The van der Waals surface area contributed by atoms with Gasteiger partial charge in [0.25, 0.3) is 22.2 Å². The molecule has 0 fully saturated rings. The molecule has 12 aromatic carbocycles. The maximum absolute atomic E-state index is 15.9. The van der Waals surface area contributed by atoms with Crippen LogP contribution in [0.4, 0.5) is 0 Å². The van der Waals surface area contributed by atoms with Gasteiger partial charge in [0.15, 0.2) is 0 Å². The molecule has 0 unspecified atom stereocenters. The number of phenols is 2. The van der Waals surface area contributed by atoms with Crippen molar-refractivity contribution in [3.8, 4) is 22.9 Å². The summed E-state index contributed by atoms with van der Waals surface area (Å²) in [6.07, 6.45) is 1.39. The molecular formula is C92H92N6O6. The fourth-order valence-electron chi connectivity index (χ4n) is 17.0. The van der Waals surface area contributed by atoms with E-state index in [4.69, 9.17) is 19.9 Å². The first-order valence-corrected chi connectivity index (χ1v) is 37.1. The fraction of sp³-hybridized carbons (Fsp3) is 0.348. The summed E-state index contributed by atoms with van der Waals surface area (Å²) in [6, 6.07) is 33.0. The van der Waals surface area contributed by atoms with Gasteiger partial charge in [-0.3, -0.25) is 19.2 Å². The van der Waals surface area contributed by atoms with Crippen molar-refractivity contribution >= 4 is 130 Å². The van der Waals surface area contributed by atoms with Gasteiger partial charge >= 0.3 is 0 Å². The Morgan fingerprint density at radius 2 is 0.519 bits per heavy atom. The molecule has 4 aromatic heterocycles. The van der Waals surface area contributed by atoms with Crippen molar-refractivity contribution in [3.63, 3.8) is 0 Å². The fourth-order valence-corrected chi connectivity index (χ4v) is 17.0. The molecule has 0 aliphatic carbocycles. The number of hydrogen-bond acceptors (Lipinski definition) is 10. The Morgan fingerprint density at radius 3 is 0.731 bits per heavy atom. The van der Waals surface area contributed by atoms with Crippen LogP contribution >= 0.6 is 0 Å². The Kier molecular flexibility index (Phi) is 14.9. The summed E-state index contributed by atoms with van der Waals surface area (Å²) in [5.74, 6) is -0.242. The first kappa shape index (κ1) is 68.2. The highest BCUT2D eigenvalue weighted by atomic mass is 16.3. The Balaban J connectivity index is 0.890. The van der Waals surface area contributed by atoms with E-state index in [1.807, 2.05) is 55.4 Å². The number of phenolic OH excluding ortho intramolecular Hbond substituents is 2. The molecule has 0 atom stereocenters. The monoisotopic (exact) mass is 1380 g/mol. The van der Waals surface area contributed by atoms with E-state index in [-0.39, 0.29) is 79.1 Å². The largest absolute Gasteiger partial charge is 0.508 e. The van der Waals surface area contributed by atoms with Crippen molar-refractivity contribution in [2.45, 2.75) is 210 Å². The van der Waals surface area contributed by atoms with E-state index in [0.29, 0.717) is 56.5 Å². The minimum absolute atomic E-state index is 0.101. The lowest BCUT2D eigenvalue weighted by Gasteiger charge is -2.25. The Bertz CT molecular complexity index is 6260. The molecule has 0 spiro atoms. The molecule has 16 rings (SSSR count). The third-order valence-electron chi connectivity index (χ3n) is 22.9. The summed E-state index contributed by atoms with van der Waals surface area (Å²) in [4.78, 5) is 86.0. The molecule has 0 aliphatic rings. The highest BCUT2D eigenvalue weighted by molar-refractivity contribution is 6.41. The average molecular weight is 1380 g/mol. The van der Waals surface area contributed by atoms with Gasteiger partial charge in [0, 0.05) is 43.1 Å². The van der Waals surface area contributed by atoms with E-state index in [0.717, 1.165) is 165 Å². The Morgan fingerprint density at radius 1 is 0.308 bits per heavy atom. The Labute approximate surface area is 604 Å². The summed E-state index contributed by atoms with van der Waals surface area (Å²) < 4.78 is 2.81. The molecular weight excluding hydrogens is 1290 g/mol. The third kappa shape index (κ3) is 10.0. The summed E-state index contributed by atoms with van der Waals surface area (Å²) in [5, 5.41) is 33.7. The van der Waals surface area contributed by atoms with Crippen molar-refractivity contribution in [3.05, 3.63) is 205 Å². The minimum atomic E-state index is -0.377. The lowest BCUT2D eigenvalue weighted by molar-refractivity contribution is 0.472. The van der Waals surface area contributed by atoms with Gasteiger partial charge < -0.3 is 10.2 Å². The van der Waals surface area contributed by atoms with Crippen LogP contribution in [0.1, 0.15) is 229 Å². The molecule has 16 aromatic rings. The topological polar surface area (TPSA) is 170 Å². The van der Waals surface area contributed by atoms with Crippen LogP contribution in [0.25, 0.3) is 142 Å². The number of rotatable bonds is 9. The molecule has 104 heavy (non-hydrogen) atoms. The van der Waals surface area contributed by atoms with E-state index in [9.17, 15) is 10.2 Å². The predicted octanol–water partition coefficient (Wildman–Crippen LogP) is 21.4. The quantitative estimate of drug-likeness (QED) is 0.105. The standard InChI is InChI=1S/C92H92N6O6/c1-41(2)55-37-53(99)38-56(42(3)4)83(55)97-85(101)75-59-29-49(89(11,12)13)33-63-71(59)73-61(77(75)87(97)103)31-51(91(17,18)19)35-65(73)81-79(63)93-67-25-45(9)47(27-69(67)95-81)23-24-48-28-70-68(26-46(48)10)94-80-64-34-50(90(14,15)16)30-60-72(64)74-62(32-52(92(20,21)22)36-66(74)82(80)96-70)78-76(60)86(102)98(88(78)104)84-57(43(5)6)39-54(100)40-58(84)44(7)8/h25-44,99-100H,23-24H2,1-22H3. The first-order valence-electron chi connectivity index (χ1n) is 37.1. The van der Waals surface area contributed by atoms with E-state index in [1.54, 1.807) is 24.3 Å². The molecule has 0 aliphatic heterocycles. The van der Waals surface area contributed by atoms with E-state index in [1.165, 1.54) is 9.13 Å². The van der Waals surface area contributed by atoms with Crippen molar-refractivity contribution in [2.24, 2.45) is 0 Å². The summed E-state index contributed by atoms with van der Waals surface area (Å²) in [5.41, 5.74) is 15.4. The molecule has 0 saturated heterocycles. The van der Waals surface area contributed by atoms with E-state index >= 15 is 19.2 Å². The molecule has 526 valence electrons. The average Bonchev–Trinajstić information content (AvgIpc) is 1.37. The predicted molar refractivity (Wildman–Crippen MR) is 434 cm³/mol. The van der Waals surface area contributed by atoms with E-state index in [2.05, 4.69) is 170 Å². The van der Waals surface area contributed by atoms with Crippen molar-refractivity contribution in [1.82, 2.24) is 29.1 Å². The van der Waals surface area contributed by atoms with Crippen LogP contribution in [0, 0.1) is 13.8 Å². The highest BCUT2D eigenvalue weighted by Crippen LogP contribution is 2.50. The molecule has 0 radical (unpaired) electrons. The van der Waals surface area contributed by atoms with Crippen LogP contribution in [-0.4, -0.2) is 39.3 Å². The zero-order valence-electron chi connectivity index (χ0n) is 64.2. The lowest BCUT2D eigenvalue weighted by atomic mass is 9.79. The lowest BCUT2D eigenvalue weighted by Crippen LogP contribution is -2.26. The van der Waals surface area contributed by atoms with Gasteiger partial charge in [-0.05, 0) is 257 Å². The maximum atomic E-state index is 15.9. The molecule has 12 nitrogen and oxygen atoms in total. The number of nitrogens with zero attached hydrogens (tertiary/aromatic N) is 6. The van der Waals surface area contributed by atoms with Crippen molar-refractivity contribution < 1.29 is 10.2 Å². The first-order chi connectivity index (χ1) is 48.7. The highest BCUT2D eigenvalue weighted by Gasteiger charge is 2.35. The van der Waals surface area contributed by atoms with Gasteiger partial charge in [-0.25, -0.2) is 29.1 Å². The van der Waals surface area contributed by atoms with Gasteiger partial charge in [-0.15, -0.1) is 0 Å². The van der Waals surface area contributed by atoms with Crippen LogP contribution in [0.5, 0.6) is 11.5 Å². The van der Waals surface area contributed by atoms with Crippen LogP contribution in [0.3, 0.4) is 0 Å². The number of aromatic nitrogens is 6. The van der Waals surface area contributed by atoms with Crippen LogP contribution < -0.4 is 22.2 Å². The second-order valence-corrected chi connectivity index (χ2v) is 35.6. The summed E-state index contributed by atoms with van der Waals surface area (Å²) in [7, 11) is 0. The number of aromatic hydroxyl groups is 2. The van der Waals surface area contributed by atoms with Crippen molar-refractivity contribution in [1.29, 1.82) is 0 Å². The van der Waals surface area contributed by atoms with Crippen LogP contribution in [-0.2, 0) is 34.5 Å². The Hall–Kier alpha value is -10.2. The van der Waals surface area contributed by atoms with Crippen molar-refractivity contribution in [2.75, 3.05) is 0 Å². The zero-order valence-corrected chi connectivity index (χ0v) is 64.2. The normalized spacial score (nSPS) is 13.4. The second-order valence-electron chi connectivity index (χ2n) is 35.6. The van der Waals surface area contributed by atoms with Crippen LogP contribution in [0.2, 0.25) is 0 Å². The minimum Gasteiger partial charge on any atom is -0.508 e. The third-order valence-corrected chi connectivity index (χ3v) is 22.9. The number of benzene rings is 12. The summed E-state index contributed by atoms with van der Waals surface area (Å²) in [6.45, 7) is 46.6. The zero-order chi connectivity index (χ0) is 74.4. The second kappa shape index (κ2) is 22.7. The number of aryl methyl sites for hydroxylation is 4. The van der Waals surface area contributed by atoms with E-state index < -0.39 is 0 Å². The maximum Gasteiger partial charge on any atom is 0.266 e. The van der Waals surface area contributed by atoms with Gasteiger partial charge in [-0.2, -0.15) is 0 Å². The summed E-state index contributed by atoms with van der Waals surface area (Å²) >= 11 is 0. The smallest absolute Gasteiger partial charge is 0.266 e. The molecule has 0 bridgehead atoms. The molecule has 0 saturated carbocycles. The van der Waals surface area contributed by atoms with Gasteiger partial charge in [0.05, 0.1) is 77.1 Å². The molecule has 2 N–H and O–H groups in total. The number of fused-ring (bicyclic) bond motifs is 14. The van der Waals surface area contributed by atoms with Gasteiger partial charge in [0.2, 0.25) is 0 Å². The molecule has 0 amide bonds. The molecule has 12 heteroatoms. The van der Waals surface area contributed by atoms with Gasteiger partial charge in [-0.1, -0.05) is 138 Å².